The van der Waals surface area contributed by atoms with Crippen LogP contribution in [0.3, 0.4) is 0 Å². The molecule has 6 heteroatoms. The van der Waals surface area contributed by atoms with Crippen LogP contribution >= 0.6 is 11.6 Å². The fourth-order valence-electron chi connectivity index (χ4n) is 3.54. The number of rotatable bonds is 3. The predicted octanol–water partition coefficient (Wildman–Crippen LogP) is 1.35. The van der Waals surface area contributed by atoms with Gasteiger partial charge in [-0.15, -0.1) is 0 Å². The summed E-state index contributed by atoms with van der Waals surface area (Å²) in [5, 5.41) is 8.63. The molecule has 2 aliphatic rings. The van der Waals surface area contributed by atoms with Crippen LogP contribution in [0.4, 0.5) is 5.69 Å². The van der Waals surface area contributed by atoms with Crippen molar-refractivity contribution in [3.05, 3.63) is 28.8 Å². The number of hydrogen-bond acceptors (Lipinski definition) is 2. The van der Waals surface area contributed by atoms with Gasteiger partial charge >= 0.3 is 0 Å². The van der Waals surface area contributed by atoms with Crippen LogP contribution in [-0.4, -0.2) is 29.9 Å². The summed E-state index contributed by atoms with van der Waals surface area (Å²) in [6.45, 7) is 1.91. The van der Waals surface area contributed by atoms with E-state index in [0.29, 0.717) is 16.8 Å². The molecule has 0 aromatic heterocycles. The molecule has 124 valence electrons. The largest absolute Gasteiger partial charge is 0.342 e. The first kappa shape index (κ1) is 16.3. The maximum absolute atomic E-state index is 12.3. The summed E-state index contributed by atoms with van der Waals surface area (Å²) in [5.74, 6) is -0.174. The van der Waals surface area contributed by atoms with E-state index >= 15 is 0 Å². The molecule has 1 aromatic rings. The van der Waals surface area contributed by atoms with E-state index < -0.39 is 0 Å². The van der Waals surface area contributed by atoms with Crippen molar-refractivity contribution in [2.24, 2.45) is 0 Å². The summed E-state index contributed by atoms with van der Waals surface area (Å²) in [6, 6.07) is 5.73. The number of quaternary nitrogens is 1. The van der Waals surface area contributed by atoms with E-state index in [2.05, 4.69) is 16.0 Å². The molecule has 3 atom stereocenters. The first-order valence-corrected chi connectivity index (χ1v) is 8.62. The normalized spacial score (nSPS) is 27.0. The fourth-order valence-corrected chi connectivity index (χ4v) is 3.71. The van der Waals surface area contributed by atoms with Gasteiger partial charge in [0, 0.05) is 17.1 Å². The van der Waals surface area contributed by atoms with Crippen LogP contribution in [0.15, 0.2) is 18.2 Å². The van der Waals surface area contributed by atoms with Crippen LogP contribution in [0.2, 0.25) is 5.02 Å². The Balaban J connectivity index is 1.61. The van der Waals surface area contributed by atoms with Gasteiger partial charge < -0.3 is 16.0 Å². The second-order valence-corrected chi connectivity index (χ2v) is 7.01. The number of anilines is 1. The second kappa shape index (κ2) is 6.89. The zero-order valence-electron chi connectivity index (χ0n) is 13.3. The first-order valence-electron chi connectivity index (χ1n) is 8.24. The van der Waals surface area contributed by atoms with E-state index in [9.17, 15) is 9.59 Å². The molecule has 4 N–H and O–H groups in total. The monoisotopic (exact) mass is 336 g/mol. The molecule has 2 amide bonds. The average Bonchev–Trinajstić information content (AvgIpc) is 2.51. The molecule has 5 nitrogen and oxygen atoms in total. The molecule has 1 heterocycles. The number of carbonyl (C=O) groups is 2. The van der Waals surface area contributed by atoms with E-state index in [-0.39, 0.29) is 30.3 Å². The highest BCUT2D eigenvalue weighted by Crippen LogP contribution is 2.21. The Morgan fingerprint density at radius 1 is 1.39 bits per heavy atom. The van der Waals surface area contributed by atoms with Gasteiger partial charge in [-0.2, -0.15) is 0 Å². The number of benzene rings is 1. The van der Waals surface area contributed by atoms with Crippen molar-refractivity contribution in [2.75, 3.05) is 5.32 Å². The quantitative estimate of drug-likeness (QED) is 0.779. The number of aryl methyl sites for hydroxylation is 1. The lowest BCUT2D eigenvalue weighted by Gasteiger charge is -2.37. The van der Waals surface area contributed by atoms with Crippen molar-refractivity contribution in [1.29, 1.82) is 0 Å². The topological polar surface area (TPSA) is 74.8 Å². The number of piperazine rings is 1. The number of nitrogens with one attached hydrogen (secondary N) is 2. The Labute approximate surface area is 141 Å². The van der Waals surface area contributed by atoms with E-state index in [4.69, 9.17) is 11.6 Å². The summed E-state index contributed by atoms with van der Waals surface area (Å²) >= 11 is 5.97. The Kier molecular flexibility index (Phi) is 4.87. The standard InChI is InChI=1S/C17H22ClN3O2/c1-10-6-7-11(18)8-14(10)20-16(22)9-15-17(23)21-13-5-3-2-4-12(13)19-15/h6-8,12-13,15,19H,2-5,9H2,1H3,(H,20,22)(H,21,23)/p+1/t12-,13-,15+/m0/s1. The molecule has 3 rings (SSSR count). The maximum Gasteiger partial charge on any atom is 0.279 e. The molecular weight excluding hydrogens is 314 g/mol. The highest BCUT2D eigenvalue weighted by molar-refractivity contribution is 6.31. The van der Waals surface area contributed by atoms with Crippen molar-refractivity contribution in [3.63, 3.8) is 0 Å². The lowest BCUT2D eigenvalue weighted by atomic mass is 9.87. The fraction of sp³-hybridized carbons (Fsp3) is 0.529. The third-order valence-corrected chi connectivity index (χ3v) is 5.08. The van der Waals surface area contributed by atoms with Crippen molar-refractivity contribution in [3.8, 4) is 0 Å². The average molecular weight is 337 g/mol. The number of halogens is 1. The van der Waals surface area contributed by atoms with Gasteiger partial charge in [-0.05, 0) is 37.5 Å². The number of fused-ring (bicyclic) bond motifs is 1. The van der Waals surface area contributed by atoms with Crippen LogP contribution in [0.1, 0.15) is 37.7 Å². The third kappa shape index (κ3) is 3.85. The predicted molar refractivity (Wildman–Crippen MR) is 89.3 cm³/mol. The summed E-state index contributed by atoms with van der Waals surface area (Å²) < 4.78 is 0. The number of hydrogen-bond donors (Lipinski definition) is 3. The van der Waals surface area contributed by atoms with Gasteiger partial charge in [0.05, 0.1) is 12.5 Å². The lowest BCUT2D eigenvalue weighted by molar-refractivity contribution is -0.718. The van der Waals surface area contributed by atoms with E-state index in [1.54, 1.807) is 12.1 Å². The zero-order chi connectivity index (χ0) is 16.4. The summed E-state index contributed by atoms with van der Waals surface area (Å²) in [4.78, 5) is 24.5. The summed E-state index contributed by atoms with van der Waals surface area (Å²) in [7, 11) is 0. The molecule has 1 aromatic carbocycles. The molecule has 1 aliphatic heterocycles. The molecule has 0 radical (unpaired) electrons. The van der Waals surface area contributed by atoms with Crippen molar-refractivity contribution >= 4 is 29.1 Å². The smallest absolute Gasteiger partial charge is 0.279 e. The summed E-state index contributed by atoms with van der Waals surface area (Å²) in [5.41, 5.74) is 1.65. The minimum absolute atomic E-state index is 0.0221. The van der Waals surface area contributed by atoms with Gasteiger partial charge in [-0.1, -0.05) is 24.1 Å². The molecule has 1 aliphatic carbocycles. The van der Waals surface area contributed by atoms with E-state index in [1.165, 1.54) is 12.8 Å². The zero-order valence-corrected chi connectivity index (χ0v) is 14.0. The highest BCUT2D eigenvalue weighted by atomic mass is 35.5. The first-order chi connectivity index (χ1) is 11.0. The van der Waals surface area contributed by atoms with Gasteiger partial charge in [-0.3, -0.25) is 9.59 Å². The Morgan fingerprint density at radius 3 is 3.00 bits per heavy atom. The van der Waals surface area contributed by atoms with Crippen molar-refractivity contribution in [1.82, 2.24) is 5.32 Å². The van der Waals surface area contributed by atoms with Crippen LogP contribution < -0.4 is 16.0 Å². The van der Waals surface area contributed by atoms with Gasteiger partial charge in [0.15, 0.2) is 6.04 Å². The number of carbonyl (C=O) groups excluding carboxylic acids is 2. The minimum Gasteiger partial charge on any atom is -0.342 e. The molecule has 0 unspecified atom stereocenters. The van der Waals surface area contributed by atoms with Crippen molar-refractivity contribution in [2.45, 2.75) is 57.2 Å². The molecular formula is C17H23ClN3O2+. The third-order valence-electron chi connectivity index (χ3n) is 4.84. The Bertz CT molecular complexity index is 620. The van der Waals surface area contributed by atoms with E-state index in [1.807, 2.05) is 13.0 Å². The Morgan fingerprint density at radius 2 is 2.17 bits per heavy atom. The minimum atomic E-state index is -0.339. The molecule has 23 heavy (non-hydrogen) atoms. The second-order valence-electron chi connectivity index (χ2n) is 6.57. The molecule has 2 fully saturated rings. The number of nitrogens with two attached hydrogens (primary N) is 1. The van der Waals surface area contributed by atoms with Crippen LogP contribution in [0.5, 0.6) is 0 Å². The Hall–Kier alpha value is -1.59. The molecule has 1 saturated heterocycles. The molecule has 0 bridgehead atoms. The van der Waals surface area contributed by atoms with Gasteiger partial charge in [0.2, 0.25) is 5.91 Å². The van der Waals surface area contributed by atoms with E-state index in [0.717, 1.165) is 18.4 Å². The maximum atomic E-state index is 12.3. The van der Waals surface area contributed by atoms with Gasteiger partial charge in [-0.25, -0.2) is 0 Å². The SMILES string of the molecule is Cc1ccc(Cl)cc1NC(=O)C[C@H]1[NH2+][C@H]2CCCC[C@@H]2NC1=O. The highest BCUT2D eigenvalue weighted by Gasteiger charge is 2.40. The molecule has 1 saturated carbocycles. The van der Waals surface area contributed by atoms with Crippen LogP contribution in [0, 0.1) is 6.92 Å². The van der Waals surface area contributed by atoms with Crippen LogP contribution in [0.25, 0.3) is 0 Å². The summed E-state index contributed by atoms with van der Waals surface area (Å²) in [6.07, 6.45) is 4.72. The molecule has 0 spiro atoms. The van der Waals surface area contributed by atoms with Crippen molar-refractivity contribution < 1.29 is 14.9 Å². The number of amides is 2. The lowest BCUT2D eigenvalue weighted by Crippen LogP contribution is -3.03. The van der Waals surface area contributed by atoms with Gasteiger partial charge in [0.25, 0.3) is 5.91 Å². The van der Waals surface area contributed by atoms with Gasteiger partial charge in [0.1, 0.15) is 6.04 Å². The van der Waals surface area contributed by atoms with Crippen LogP contribution in [-0.2, 0) is 9.59 Å².